The number of ketones is 1. The summed E-state index contributed by atoms with van der Waals surface area (Å²) >= 11 is 0. The summed E-state index contributed by atoms with van der Waals surface area (Å²) in [7, 11) is 1.96. The molecule has 2 aromatic rings. The molecule has 23 heavy (non-hydrogen) atoms. The minimum Gasteiger partial charge on any atom is -0.494 e. The average Bonchev–Trinajstić information content (AvgIpc) is 2.83. The van der Waals surface area contributed by atoms with E-state index in [1.54, 1.807) is 0 Å². The van der Waals surface area contributed by atoms with Crippen LogP contribution in [0, 0.1) is 13.8 Å². The van der Waals surface area contributed by atoms with Gasteiger partial charge in [0, 0.05) is 22.6 Å². The maximum atomic E-state index is 12.5. The van der Waals surface area contributed by atoms with Gasteiger partial charge in [0.05, 0.1) is 13.2 Å². The third kappa shape index (κ3) is 3.82. The predicted octanol–water partition coefficient (Wildman–Crippen LogP) is 3.63. The summed E-state index contributed by atoms with van der Waals surface area (Å²) < 4.78 is 7.61. The molecule has 0 N–H and O–H groups in total. The van der Waals surface area contributed by atoms with E-state index in [1.807, 2.05) is 63.1 Å². The molecule has 0 aliphatic rings. The number of carbonyl (C=O) groups excluding carboxylic acids is 1. The number of hydrogen-bond acceptors (Lipinski definition) is 3. The first-order chi connectivity index (χ1) is 11.0. The van der Waals surface area contributed by atoms with Crippen LogP contribution in [0.3, 0.4) is 0 Å². The zero-order chi connectivity index (χ0) is 17.0. The van der Waals surface area contributed by atoms with E-state index in [0.717, 1.165) is 34.9 Å². The van der Waals surface area contributed by atoms with Crippen molar-refractivity contribution in [1.82, 2.24) is 9.47 Å². The third-order valence-electron chi connectivity index (χ3n) is 4.09. The highest BCUT2D eigenvalue weighted by atomic mass is 16.5. The Labute approximate surface area is 138 Å². The van der Waals surface area contributed by atoms with Crippen LogP contribution in [0.1, 0.15) is 35.6 Å². The first-order valence-electron chi connectivity index (χ1n) is 8.11. The molecule has 0 amide bonds. The highest BCUT2D eigenvalue weighted by molar-refractivity contribution is 5.99. The summed E-state index contributed by atoms with van der Waals surface area (Å²) in [5.41, 5.74) is 3.90. The smallest absolute Gasteiger partial charge is 0.178 e. The van der Waals surface area contributed by atoms with E-state index in [9.17, 15) is 4.79 Å². The largest absolute Gasteiger partial charge is 0.494 e. The van der Waals surface area contributed by atoms with Crippen LogP contribution in [0.2, 0.25) is 0 Å². The van der Waals surface area contributed by atoms with Crippen LogP contribution in [0.4, 0.5) is 0 Å². The van der Waals surface area contributed by atoms with Gasteiger partial charge in [0.15, 0.2) is 5.78 Å². The zero-order valence-corrected chi connectivity index (χ0v) is 14.7. The van der Waals surface area contributed by atoms with Gasteiger partial charge in [0.25, 0.3) is 0 Å². The van der Waals surface area contributed by atoms with Gasteiger partial charge in [0.2, 0.25) is 0 Å². The first kappa shape index (κ1) is 17.3. The molecule has 0 radical (unpaired) electrons. The Kier molecular flexibility index (Phi) is 5.61. The molecule has 1 heterocycles. The Morgan fingerprint density at radius 3 is 2.39 bits per heavy atom. The van der Waals surface area contributed by atoms with Crippen molar-refractivity contribution in [3.63, 3.8) is 0 Å². The van der Waals surface area contributed by atoms with Crippen molar-refractivity contribution in [3.8, 4) is 11.4 Å². The van der Waals surface area contributed by atoms with Gasteiger partial charge in [-0.15, -0.1) is 0 Å². The molecule has 0 unspecified atom stereocenters. The van der Waals surface area contributed by atoms with Crippen LogP contribution in [0.15, 0.2) is 30.3 Å². The van der Waals surface area contributed by atoms with Gasteiger partial charge < -0.3 is 9.30 Å². The fourth-order valence-electron chi connectivity index (χ4n) is 2.74. The van der Waals surface area contributed by atoms with Crippen molar-refractivity contribution >= 4 is 5.78 Å². The van der Waals surface area contributed by atoms with Crippen LogP contribution in [0.25, 0.3) is 5.69 Å². The molecule has 4 nitrogen and oxygen atoms in total. The lowest BCUT2D eigenvalue weighted by molar-refractivity contribution is 0.0948. The van der Waals surface area contributed by atoms with Crippen LogP contribution in [-0.2, 0) is 0 Å². The summed E-state index contributed by atoms with van der Waals surface area (Å²) in [5.74, 6) is 1.03. The normalized spacial score (nSPS) is 11.0. The summed E-state index contributed by atoms with van der Waals surface area (Å²) in [6.45, 7) is 10.0. The number of nitrogens with zero attached hydrogens (tertiary/aromatic N) is 2. The fraction of sp³-hybridized carbons (Fsp3) is 0.421. The van der Waals surface area contributed by atoms with Gasteiger partial charge in [-0.1, -0.05) is 6.92 Å². The number of hydrogen-bond donors (Lipinski definition) is 0. The molecule has 1 aromatic heterocycles. The van der Waals surface area contributed by atoms with Crippen LogP contribution in [0.5, 0.6) is 5.75 Å². The van der Waals surface area contributed by atoms with E-state index in [0.29, 0.717) is 13.2 Å². The Bertz CT molecular complexity index is 671. The molecule has 0 spiro atoms. The molecule has 124 valence electrons. The van der Waals surface area contributed by atoms with Gasteiger partial charge in [-0.2, -0.15) is 0 Å². The van der Waals surface area contributed by atoms with Crippen molar-refractivity contribution < 1.29 is 9.53 Å². The summed E-state index contributed by atoms with van der Waals surface area (Å²) in [5, 5.41) is 0. The lowest BCUT2D eigenvalue weighted by Gasteiger charge is -2.13. The average molecular weight is 314 g/mol. The SMILES string of the molecule is CCOc1ccc(-n2c(C)cc(C(=O)CN(C)CC)c2C)cc1. The second-order valence-electron chi connectivity index (χ2n) is 5.80. The minimum atomic E-state index is 0.166. The summed E-state index contributed by atoms with van der Waals surface area (Å²) in [6, 6.07) is 9.96. The second kappa shape index (κ2) is 7.47. The number of aryl methyl sites for hydroxylation is 1. The zero-order valence-electron chi connectivity index (χ0n) is 14.7. The number of rotatable bonds is 7. The van der Waals surface area contributed by atoms with E-state index in [2.05, 4.69) is 11.5 Å². The molecule has 0 fully saturated rings. The van der Waals surface area contributed by atoms with Crippen LogP contribution >= 0.6 is 0 Å². The fourth-order valence-corrected chi connectivity index (χ4v) is 2.74. The highest BCUT2D eigenvalue weighted by Gasteiger charge is 2.17. The van der Waals surface area contributed by atoms with Crippen molar-refractivity contribution in [2.75, 3.05) is 26.7 Å². The molecule has 0 saturated carbocycles. The molecule has 0 aliphatic carbocycles. The number of carbonyl (C=O) groups is 1. The van der Waals surface area contributed by atoms with Crippen molar-refractivity contribution in [3.05, 3.63) is 47.3 Å². The maximum Gasteiger partial charge on any atom is 0.178 e. The van der Waals surface area contributed by atoms with Crippen LogP contribution in [-0.4, -0.2) is 42.0 Å². The second-order valence-corrected chi connectivity index (χ2v) is 5.80. The number of Topliss-reactive ketones (excluding diaryl/α,β-unsaturated/α-hetero) is 1. The molecular formula is C19H26N2O2. The lowest BCUT2D eigenvalue weighted by atomic mass is 10.1. The molecular weight excluding hydrogens is 288 g/mol. The summed E-state index contributed by atoms with van der Waals surface area (Å²) in [4.78, 5) is 14.5. The Balaban J connectivity index is 2.32. The molecule has 4 heteroatoms. The van der Waals surface area contributed by atoms with Gasteiger partial charge in [0.1, 0.15) is 5.75 Å². The third-order valence-corrected chi connectivity index (χ3v) is 4.09. The van der Waals surface area contributed by atoms with E-state index in [4.69, 9.17) is 4.74 Å². The van der Waals surface area contributed by atoms with Gasteiger partial charge >= 0.3 is 0 Å². The standard InChI is InChI=1S/C19H26N2O2/c1-6-20(5)13-19(22)18-12-14(3)21(15(18)4)16-8-10-17(11-9-16)23-7-2/h8-12H,6-7,13H2,1-5H3. The van der Waals surface area contributed by atoms with Gasteiger partial charge in [-0.3, -0.25) is 9.69 Å². The molecule has 0 bridgehead atoms. The quantitative estimate of drug-likeness (QED) is 0.732. The minimum absolute atomic E-state index is 0.166. The Morgan fingerprint density at radius 2 is 1.83 bits per heavy atom. The first-order valence-corrected chi connectivity index (χ1v) is 8.11. The maximum absolute atomic E-state index is 12.5. The van der Waals surface area contributed by atoms with E-state index in [-0.39, 0.29) is 5.78 Å². The van der Waals surface area contributed by atoms with E-state index >= 15 is 0 Å². The number of aromatic nitrogens is 1. The Morgan fingerprint density at radius 1 is 1.17 bits per heavy atom. The Hall–Kier alpha value is -2.07. The van der Waals surface area contributed by atoms with E-state index in [1.165, 1.54) is 0 Å². The van der Waals surface area contributed by atoms with Crippen molar-refractivity contribution in [2.45, 2.75) is 27.7 Å². The van der Waals surface area contributed by atoms with Crippen molar-refractivity contribution in [2.24, 2.45) is 0 Å². The number of likely N-dealkylation sites (N-methyl/N-ethyl adjacent to an activating group) is 1. The molecule has 2 rings (SSSR count). The highest BCUT2D eigenvalue weighted by Crippen LogP contribution is 2.23. The topological polar surface area (TPSA) is 34.5 Å². The van der Waals surface area contributed by atoms with Crippen LogP contribution < -0.4 is 4.74 Å². The summed E-state index contributed by atoms with van der Waals surface area (Å²) in [6.07, 6.45) is 0. The molecule has 0 saturated heterocycles. The predicted molar refractivity (Wildman–Crippen MR) is 93.9 cm³/mol. The number of ether oxygens (including phenoxy) is 1. The monoisotopic (exact) mass is 314 g/mol. The molecule has 1 aromatic carbocycles. The number of benzene rings is 1. The lowest BCUT2D eigenvalue weighted by Crippen LogP contribution is -2.25. The van der Waals surface area contributed by atoms with Crippen molar-refractivity contribution in [1.29, 1.82) is 0 Å². The molecule has 0 aliphatic heterocycles. The molecule has 0 atom stereocenters. The van der Waals surface area contributed by atoms with E-state index < -0.39 is 0 Å². The van der Waals surface area contributed by atoms with Gasteiger partial charge in [-0.25, -0.2) is 0 Å². The van der Waals surface area contributed by atoms with Gasteiger partial charge in [-0.05, 0) is 64.7 Å².